The van der Waals surface area contributed by atoms with E-state index in [9.17, 15) is 4.79 Å². The van der Waals surface area contributed by atoms with Crippen molar-refractivity contribution in [2.45, 2.75) is 52.5 Å². The van der Waals surface area contributed by atoms with Gasteiger partial charge in [0.2, 0.25) is 5.91 Å². The number of hydrogen-bond acceptors (Lipinski definition) is 3. The van der Waals surface area contributed by atoms with Crippen molar-refractivity contribution >= 4 is 5.91 Å². The highest BCUT2D eigenvalue weighted by atomic mass is 16.1. The number of primary amides is 1. The number of rotatable bonds is 6. The molecule has 124 valence electrons. The first kappa shape index (κ1) is 17.0. The Kier molecular flexibility index (Phi) is 5.27. The van der Waals surface area contributed by atoms with Crippen LogP contribution in [0.2, 0.25) is 0 Å². The molecule has 1 saturated carbocycles. The molecule has 1 fully saturated rings. The molecule has 1 aliphatic rings. The molecule has 3 N–H and O–H groups in total. The van der Waals surface area contributed by atoms with Crippen LogP contribution in [0, 0.1) is 17.3 Å². The zero-order chi connectivity index (χ0) is 16.3. The molecule has 0 saturated heterocycles. The summed E-state index contributed by atoms with van der Waals surface area (Å²) in [6, 6.07) is 0.490. The summed E-state index contributed by atoms with van der Waals surface area (Å²) in [6.07, 6.45) is 8.05. The van der Waals surface area contributed by atoms with Gasteiger partial charge in [-0.3, -0.25) is 9.48 Å². The maximum absolute atomic E-state index is 11.7. The van der Waals surface area contributed by atoms with Gasteiger partial charge in [0.25, 0.3) is 0 Å². The third-order valence-corrected chi connectivity index (χ3v) is 4.96. The highest BCUT2D eigenvalue weighted by Gasteiger charge is 2.32. The number of amides is 1. The fourth-order valence-corrected chi connectivity index (χ4v) is 3.68. The predicted molar refractivity (Wildman–Crippen MR) is 88.2 cm³/mol. The van der Waals surface area contributed by atoms with Gasteiger partial charge in [0.15, 0.2) is 0 Å². The molecule has 0 radical (unpaired) electrons. The molecule has 0 aliphatic heterocycles. The standard InChI is InChI=1S/C17H30N4O/c1-12-8-17(2,3)6-5-15(12)19-10-14(16(18)22)7-13-9-20-21(4)11-13/h9,11-12,14-15,19H,5-8,10H2,1-4H3,(H2,18,22)/t12-,14+,15+/m1/s1. The maximum atomic E-state index is 11.7. The zero-order valence-electron chi connectivity index (χ0n) is 14.3. The van der Waals surface area contributed by atoms with Crippen LogP contribution < -0.4 is 11.1 Å². The molecular weight excluding hydrogens is 276 g/mol. The van der Waals surface area contributed by atoms with Crippen molar-refractivity contribution in [3.8, 4) is 0 Å². The minimum Gasteiger partial charge on any atom is -0.369 e. The van der Waals surface area contributed by atoms with Crippen molar-refractivity contribution in [2.24, 2.45) is 30.0 Å². The van der Waals surface area contributed by atoms with Gasteiger partial charge in [0, 0.05) is 25.8 Å². The number of aryl methyl sites for hydroxylation is 1. The van der Waals surface area contributed by atoms with Crippen LogP contribution in [0.1, 0.15) is 45.6 Å². The maximum Gasteiger partial charge on any atom is 0.222 e. The number of hydrogen-bond donors (Lipinski definition) is 2. The lowest BCUT2D eigenvalue weighted by molar-refractivity contribution is -0.121. The van der Waals surface area contributed by atoms with Gasteiger partial charge in [-0.2, -0.15) is 5.10 Å². The van der Waals surface area contributed by atoms with E-state index in [1.54, 1.807) is 4.68 Å². The third kappa shape index (κ3) is 4.57. The molecular formula is C17H30N4O. The second-order valence-electron chi connectivity index (χ2n) is 7.72. The van der Waals surface area contributed by atoms with Gasteiger partial charge in [0.05, 0.1) is 12.1 Å². The number of nitrogens with two attached hydrogens (primary N) is 1. The quantitative estimate of drug-likeness (QED) is 0.842. The minimum atomic E-state index is -0.236. The van der Waals surface area contributed by atoms with E-state index in [0.29, 0.717) is 30.3 Å². The van der Waals surface area contributed by atoms with E-state index in [2.05, 4.69) is 31.2 Å². The number of nitrogens with one attached hydrogen (secondary N) is 1. The van der Waals surface area contributed by atoms with E-state index < -0.39 is 0 Å². The Morgan fingerprint density at radius 2 is 2.32 bits per heavy atom. The van der Waals surface area contributed by atoms with Crippen LogP contribution >= 0.6 is 0 Å². The van der Waals surface area contributed by atoms with Gasteiger partial charge < -0.3 is 11.1 Å². The topological polar surface area (TPSA) is 72.9 Å². The van der Waals surface area contributed by atoms with Crippen molar-refractivity contribution in [2.75, 3.05) is 6.54 Å². The van der Waals surface area contributed by atoms with Crippen LogP contribution in [-0.2, 0) is 18.3 Å². The van der Waals surface area contributed by atoms with Gasteiger partial charge in [-0.1, -0.05) is 20.8 Å². The molecule has 0 bridgehead atoms. The van der Waals surface area contributed by atoms with Crippen LogP contribution in [0.3, 0.4) is 0 Å². The van der Waals surface area contributed by atoms with Gasteiger partial charge in [0.1, 0.15) is 0 Å². The van der Waals surface area contributed by atoms with Gasteiger partial charge in [-0.25, -0.2) is 0 Å². The summed E-state index contributed by atoms with van der Waals surface area (Å²) in [5.74, 6) is 0.224. The van der Waals surface area contributed by atoms with E-state index in [0.717, 1.165) is 5.56 Å². The smallest absolute Gasteiger partial charge is 0.222 e. The lowest BCUT2D eigenvalue weighted by Crippen LogP contribution is -2.45. The van der Waals surface area contributed by atoms with Crippen molar-refractivity contribution in [1.29, 1.82) is 0 Å². The minimum absolute atomic E-state index is 0.175. The fraction of sp³-hybridized carbons (Fsp3) is 0.765. The Balaban J connectivity index is 1.88. The summed E-state index contributed by atoms with van der Waals surface area (Å²) < 4.78 is 1.76. The van der Waals surface area contributed by atoms with Crippen LogP contribution in [0.5, 0.6) is 0 Å². The summed E-state index contributed by atoms with van der Waals surface area (Å²) in [5, 5.41) is 7.74. The van der Waals surface area contributed by atoms with E-state index >= 15 is 0 Å². The van der Waals surface area contributed by atoms with Crippen molar-refractivity contribution in [3.05, 3.63) is 18.0 Å². The molecule has 1 aromatic rings. The lowest BCUT2D eigenvalue weighted by Gasteiger charge is -2.40. The largest absolute Gasteiger partial charge is 0.369 e. The Morgan fingerprint density at radius 1 is 1.59 bits per heavy atom. The molecule has 1 aliphatic carbocycles. The van der Waals surface area contributed by atoms with Crippen LogP contribution in [0.15, 0.2) is 12.4 Å². The highest BCUT2D eigenvalue weighted by molar-refractivity contribution is 5.77. The fourth-order valence-electron chi connectivity index (χ4n) is 3.68. The average molecular weight is 306 g/mol. The lowest BCUT2D eigenvalue weighted by atomic mass is 9.70. The van der Waals surface area contributed by atoms with Crippen molar-refractivity contribution < 1.29 is 4.79 Å². The summed E-state index contributed by atoms with van der Waals surface area (Å²) in [4.78, 5) is 11.7. The number of carbonyl (C=O) groups excluding carboxylic acids is 1. The zero-order valence-corrected chi connectivity index (χ0v) is 14.3. The Hall–Kier alpha value is -1.36. The molecule has 0 unspecified atom stereocenters. The second kappa shape index (κ2) is 6.82. The third-order valence-electron chi connectivity index (χ3n) is 4.96. The van der Waals surface area contributed by atoms with Gasteiger partial charge >= 0.3 is 0 Å². The molecule has 1 aromatic heterocycles. The molecule has 5 nitrogen and oxygen atoms in total. The van der Waals surface area contributed by atoms with Crippen molar-refractivity contribution in [3.63, 3.8) is 0 Å². The molecule has 22 heavy (non-hydrogen) atoms. The Morgan fingerprint density at radius 3 is 2.86 bits per heavy atom. The molecule has 2 rings (SSSR count). The first-order valence-corrected chi connectivity index (χ1v) is 8.27. The summed E-state index contributed by atoms with van der Waals surface area (Å²) in [6.45, 7) is 7.64. The average Bonchev–Trinajstić information content (AvgIpc) is 2.80. The number of carbonyl (C=O) groups is 1. The van der Waals surface area contributed by atoms with E-state index in [1.807, 2.05) is 19.4 Å². The van der Waals surface area contributed by atoms with Gasteiger partial charge in [-0.15, -0.1) is 0 Å². The summed E-state index contributed by atoms with van der Waals surface area (Å²) >= 11 is 0. The monoisotopic (exact) mass is 306 g/mol. The molecule has 0 spiro atoms. The molecule has 1 amide bonds. The second-order valence-corrected chi connectivity index (χ2v) is 7.72. The van der Waals surface area contributed by atoms with Crippen LogP contribution in [0.25, 0.3) is 0 Å². The molecule has 1 heterocycles. The molecule has 3 atom stereocenters. The first-order chi connectivity index (χ1) is 10.3. The summed E-state index contributed by atoms with van der Waals surface area (Å²) in [5.41, 5.74) is 7.08. The first-order valence-electron chi connectivity index (χ1n) is 8.27. The van der Waals surface area contributed by atoms with E-state index in [-0.39, 0.29) is 11.8 Å². The van der Waals surface area contributed by atoms with E-state index in [4.69, 9.17) is 5.73 Å². The Labute approximate surface area is 133 Å². The van der Waals surface area contributed by atoms with E-state index in [1.165, 1.54) is 19.3 Å². The van der Waals surface area contributed by atoms with Crippen LogP contribution in [0.4, 0.5) is 0 Å². The number of aromatic nitrogens is 2. The Bertz CT molecular complexity index is 509. The normalized spacial score (nSPS) is 25.8. The highest BCUT2D eigenvalue weighted by Crippen LogP contribution is 2.38. The SMILES string of the molecule is C[C@@H]1CC(C)(C)CC[C@@H]1NC[C@H](Cc1cnn(C)c1)C(N)=O. The molecule has 0 aromatic carbocycles. The molecule has 5 heteroatoms. The van der Waals surface area contributed by atoms with Gasteiger partial charge in [-0.05, 0) is 42.6 Å². The predicted octanol–water partition coefficient (Wildman–Crippen LogP) is 1.87. The van der Waals surface area contributed by atoms with Crippen LogP contribution in [-0.4, -0.2) is 28.3 Å². The number of nitrogens with zero attached hydrogens (tertiary/aromatic N) is 2. The van der Waals surface area contributed by atoms with Crippen molar-refractivity contribution in [1.82, 2.24) is 15.1 Å². The summed E-state index contributed by atoms with van der Waals surface area (Å²) in [7, 11) is 1.88.